The minimum atomic E-state index is -0.841. The van der Waals surface area contributed by atoms with E-state index in [1.807, 2.05) is 19.1 Å². The third kappa shape index (κ3) is 4.19. The van der Waals surface area contributed by atoms with Crippen molar-refractivity contribution in [3.63, 3.8) is 0 Å². The summed E-state index contributed by atoms with van der Waals surface area (Å²) in [7, 11) is 0. The summed E-state index contributed by atoms with van der Waals surface area (Å²) < 4.78 is 16.9. The van der Waals surface area contributed by atoms with Gasteiger partial charge in [0, 0.05) is 43.8 Å². The molecule has 1 fully saturated rings. The lowest BCUT2D eigenvalue weighted by molar-refractivity contribution is -0.158. The Morgan fingerprint density at radius 3 is 2.70 bits per heavy atom. The molecule has 0 bridgehead atoms. The van der Waals surface area contributed by atoms with Crippen molar-refractivity contribution in [1.29, 1.82) is 0 Å². The van der Waals surface area contributed by atoms with Crippen molar-refractivity contribution in [1.82, 2.24) is 9.88 Å². The first kappa shape index (κ1) is 21.5. The van der Waals surface area contributed by atoms with E-state index < -0.39 is 18.2 Å². The van der Waals surface area contributed by atoms with Gasteiger partial charge >= 0.3 is 11.9 Å². The number of ether oxygens (including phenoxy) is 3. The highest BCUT2D eigenvalue weighted by atomic mass is 16.7. The van der Waals surface area contributed by atoms with Gasteiger partial charge in [0.15, 0.2) is 0 Å². The number of hydroxylamine groups is 1. The van der Waals surface area contributed by atoms with E-state index in [2.05, 4.69) is 9.88 Å². The monoisotopic (exact) mass is 455 g/mol. The van der Waals surface area contributed by atoms with Crippen LogP contribution in [-0.2, 0) is 36.9 Å². The lowest BCUT2D eigenvalue weighted by Crippen LogP contribution is -2.45. The fourth-order valence-electron chi connectivity index (χ4n) is 4.50. The first-order chi connectivity index (χ1) is 16.0. The van der Waals surface area contributed by atoms with Crippen LogP contribution in [-0.4, -0.2) is 61.0 Å². The van der Waals surface area contributed by atoms with Crippen LogP contribution in [0, 0.1) is 0 Å². The summed E-state index contributed by atoms with van der Waals surface area (Å²) in [6.07, 6.45) is 1.87. The highest BCUT2D eigenvalue weighted by Crippen LogP contribution is 2.41. The van der Waals surface area contributed by atoms with E-state index in [9.17, 15) is 14.4 Å². The predicted octanol–water partition coefficient (Wildman–Crippen LogP) is 1.41. The molecule has 0 saturated carbocycles. The average Bonchev–Trinajstić information content (AvgIpc) is 2.79. The summed E-state index contributed by atoms with van der Waals surface area (Å²) in [5.74, 6) is -0.803. The number of aromatic amines is 1. The first-order valence-electron chi connectivity index (χ1n) is 11.1. The van der Waals surface area contributed by atoms with E-state index in [4.69, 9.17) is 19.0 Å². The fourth-order valence-corrected chi connectivity index (χ4v) is 4.50. The highest BCUT2D eigenvalue weighted by Gasteiger charge is 2.37. The van der Waals surface area contributed by atoms with Crippen molar-refractivity contribution in [2.24, 2.45) is 0 Å². The number of hydrogen-bond donors (Lipinski definition) is 1. The van der Waals surface area contributed by atoms with Crippen LogP contribution in [0.25, 0.3) is 10.9 Å². The number of pyridine rings is 1. The number of carbonyl (C=O) groups excluding carboxylic acids is 2. The Bertz CT molecular complexity index is 1180. The molecule has 3 aliphatic heterocycles. The van der Waals surface area contributed by atoms with Gasteiger partial charge in [-0.1, -0.05) is 0 Å². The van der Waals surface area contributed by atoms with Gasteiger partial charge in [0.05, 0.1) is 30.7 Å². The molecular weight excluding hydrogens is 430 g/mol. The molecule has 10 heteroatoms. The van der Waals surface area contributed by atoms with Crippen LogP contribution in [0.2, 0.25) is 0 Å². The van der Waals surface area contributed by atoms with Crippen molar-refractivity contribution >= 4 is 28.5 Å². The van der Waals surface area contributed by atoms with Gasteiger partial charge in [0.1, 0.15) is 11.4 Å². The average molecular weight is 455 g/mol. The number of aromatic nitrogens is 1. The number of rotatable bonds is 4. The number of morpholine rings is 1. The van der Waals surface area contributed by atoms with E-state index in [0.717, 1.165) is 30.8 Å². The van der Waals surface area contributed by atoms with Gasteiger partial charge in [-0.05, 0) is 31.0 Å². The minimum Gasteiger partial charge on any atom is -0.493 e. The third-order valence-corrected chi connectivity index (χ3v) is 5.94. The van der Waals surface area contributed by atoms with Crippen LogP contribution in [0.5, 0.6) is 5.75 Å². The fraction of sp³-hybridized carbons (Fsp3) is 0.435. The third-order valence-electron chi connectivity index (χ3n) is 5.94. The molecule has 1 atom stereocenters. The van der Waals surface area contributed by atoms with Crippen molar-refractivity contribution in [2.45, 2.75) is 32.5 Å². The van der Waals surface area contributed by atoms with Gasteiger partial charge in [-0.15, -0.1) is 0 Å². The molecule has 0 spiro atoms. The van der Waals surface area contributed by atoms with E-state index in [1.54, 1.807) is 0 Å². The number of carbonyl (C=O) groups is 2. The summed E-state index contributed by atoms with van der Waals surface area (Å²) in [5.41, 5.74) is 2.11. The maximum absolute atomic E-state index is 13.0. The second-order valence-electron chi connectivity index (χ2n) is 8.12. The normalized spacial score (nSPS) is 22.0. The summed E-state index contributed by atoms with van der Waals surface area (Å²) in [4.78, 5) is 48.1. The van der Waals surface area contributed by atoms with Crippen molar-refractivity contribution < 1.29 is 28.6 Å². The topological polar surface area (TPSA) is 110 Å². The molecule has 174 valence electrons. The van der Waals surface area contributed by atoms with Crippen LogP contribution < -0.4 is 15.4 Å². The maximum atomic E-state index is 13.0. The Hall–Kier alpha value is -3.37. The maximum Gasteiger partial charge on any atom is 0.356 e. The Morgan fingerprint density at radius 2 is 1.91 bits per heavy atom. The second-order valence-corrected chi connectivity index (χ2v) is 8.12. The van der Waals surface area contributed by atoms with Crippen LogP contribution in [0.15, 0.2) is 29.1 Å². The molecule has 1 unspecified atom stereocenters. The largest absolute Gasteiger partial charge is 0.493 e. The van der Waals surface area contributed by atoms with Gasteiger partial charge < -0.3 is 24.0 Å². The number of fused-ring (bicyclic) bond motifs is 5. The van der Waals surface area contributed by atoms with Crippen LogP contribution in [0.1, 0.15) is 24.5 Å². The Labute approximate surface area is 189 Å². The molecule has 1 aromatic heterocycles. The van der Waals surface area contributed by atoms with Crippen molar-refractivity contribution in [3.8, 4) is 5.75 Å². The summed E-state index contributed by atoms with van der Waals surface area (Å²) >= 11 is 0. The molecule has 1 aromatic carbocycles. The van der Waals surface area contributed by atoms with E-state index in [0.29, 0.717) is 67.1 Å². The highest BCUT2D eigenvalue weighted by molar-refractivity contribution is 6.00. The molecular formula is C23H25N3O7. The Balaban J connectivity index is 1.65. The Morgan fingerprint density at radius 1 is 1.12 bits per heavy atom. The molecule has 10 nitrogen and oxygen atoms in total. The standard InChI is InChI=1S/C23H25N3O7/c1-2-31-17-12-14(13-25-7-9-30-10-8-25)11-16-21(17)22-15(23(29)24-16)3-4-18-26(22)33-20(28)6-5-19(27)32-18/h5-6,11-12,18H,2-4,7-10,13H2,1H3,(H,24,29)/b6-5-. The van der Waals surface area contributed by atoms with Gasteiger partial charge in [0.25, 0.3) is 5.56 Å². The molecule has 1 saturated heterocycles. The van der Waals surface area contributed by atoms with Gasteiger partial charge in [-0.3, -0.25) is 9.69 Å². The summed E-state index contributed by atoms with van der Waals surface area (Å²) in [6.45, 7) is 5.99. The summed E-state index contributed by atoms with van der Waals surface area (Å²) in [6, 6.07) is 3.86. The number of H-pyrrole nitrogens is 1. The molecule has 4 heterocycles. The molecule has 0 aliphatic carbocycles. The predicted molar refractivity (Wildman–Crippen MR) is 118 cm³/mol. The van der Waals surface area contributed by atoms with Gasteiger partial charge in [-0.2, -0.15) is 5.06 Å². The van der Waals surface area contributed by atoms with E-state index in [1.165, 1.54) is 5.06 Å². The number of benzene rings is 1. The Kier molecular flexibility index (Phi) is 5.77. The molecule has 0 radical (unpaired) electrons. The SMILES string of the molecule is CCOc1cc(CN2CCOCC2)cc2[nH]c(=O)c3c(c12)N1OC(=O)/C=C\C(=O)OC1CC3. The number of hydrogen-bond acceptors (Lipinski definition) is 9. The van der Waals surface area contributed by atoms with Gasteiger partial charge in [-0.25, -0.2) is 9.59 Å². The smallest absolute Gasteiger partial charge is 0.356 e. The zero-order valence-electron chi connectivity index (χ0n) is 18.3. The quantitative estimate of drug-likeness (QED) is 0.684. The molecule has 33 heavy (non-hydrogen) atoms. The zero-order valence-corrected chi connectivity index (χ0v) is 18.3. The van der Waals surface area contributed by atoms with Gasteiger partial charge in [0.2, 0.25) is 6.23 Å². The zero-order chi connectivity index (χ0) is 22.9. The minimum absolute atomic E-state index is 0.276. The van der Waals surface area contributed by atoms with Crippen LogP contribution in [0.4, 0.5) is 5.69 Å². The lowest BCUT2D eigenvalue weighted by atomic mass is 9.98. The van der Waals surface area contributed by atoms with E-state index >= 15 is 0 Å². The van der Waals surface area contributed by atoms with E-state index in [-0.39, 0.29) is 5.56 Å². The number of nitrogens with zero attached hydrogens (tertiary/aromatic N) is 2. The number of nitrogens with one attached hydrogen (secondary N) is 1. The van der Waals surface area contributed by atoms with Crippen LogP contribution in [0.3, 0.4) is 0 Å². The second kappa shape index (κ2) is 8.87. The van der Waals surface area contributed by atoms with Crippen molar-refractivity contribution in [2.75, 3.05) is 38.0 Å². The van der Waals surface area contributed by atoms with Crippen LogP contribution >= 0.6 is 0 Å². The summed E-state index contributed by atoms with van der Waals surface area (Å²) in [5, 5.41) is 1.85. The molecule has 5 rings (SSSR count). The number of esters is 1. The molecule has 3 aliphatic rings. The first-order valence-corrected chi connectivity index (χ1v) is 11.1. The molecule has 2 aromatic rings. The molecule has 0 amide bonds. The molecule has 1 N–H and O–H groups in total. The number of anilines is 1. The lowest BCUT2D eigenvalue weighted by Gasteiger charge is -2.36. The van der Waals surface area contributed by atoms with Crippen molar-refractivity contribution in [3.05, 3.63) is 45.8 Å².